The van der Waals surface area contributed by atoms with Crippen molar-refractivity contribution in [3.63, 3.8) is 0 Å². The Hall–Kier alpha value is -1.80. The summed E-state index contributed by atoms with van der Waals surface area (Å²) in [6, 6.07) is 6.28. The minimum absolute atomic E-state index is 0. The molecule has 2 rings (SSSR count). The highest BCUT2D eigenvalue weighted by Gasteiger charge is 2.41. The molecule has 146 valence electrons. The van der Waals surface area contributed by atoms with Gasteiger partial charge in [-0.25, -0.2) is 0 Å². The predicted octanol–water partition coefficient (Wildman–Crippen LogP) is 3.10. The Morgan fingerprint density at radius 3 is 2.62 bits per heavy atom. The topological polar surface area (TPSA) is 61.4 Å². The highest BCUT2D eigenvalue weighted by molar-refractivity contribution is 5.95. The molecule has 0 aliphatic carbocycles. The van der Waals surface area contributed by atoms with Gasteiger partial charge in [0.05, 0.1) is 6.04 Å². The smallest absolute Gasteiger partial charge is 0.331 e. The first-order valence-electron chi connectivity index (χ1n) is 8.30. The molecule has 5 nitrogen and oxygen atoms in total. The number of piperidine rings is 1. The van der Waals surface area contributed by atoms with E-state index >= 15 is 0 Å². The van der Waals surface area contributed by atoms with Crippen LogP contribution in [0.1, 0.15) is 31.7 Å². The molecule has 1 aliphatic heterocycles. The zero-order chi connectivity index (χ0) is 18.4. The molecule has 1 aromatic rings. The summed E-state index contributed by atoms with van der Waals surface area (Å²) in [6.45, 7) is 2.06. The van der Waals surface area contributed by atoms with Crippen molar-refractivity contribution < 1.29 is 22.8 Å². The van der Waals surface area contributed by atoms with Crippen molar-refractivity contribution in [1.82, 2.24) is 10.2 Å². The van der Waals surface area contributed by atoms with Gasteiger partial charge in [-0.15, -0.1) is 12.4 Å². The number of nitrogens with zero attached hydrogens (tertiary/aromatic N) is 1. The van der Waals surface area contributed by atoms with Crippen LogP contribution in [0.25, 0.3) is 0 Å². The Kier molecular flexibility index (Phi) is 8.36. The molecule has 9 heteroatoms. The standard InChI is InChI=1S/C17H22F3N3O2.ClH/c1-2-23(16(25)17(18,19)20)11-12-6-5-7-13(10-12)22-15(24)14-8-3-4-9-21-14;/h5-7,10,14,21H,2-4,8-9,11H2,1H3,(H,22,24);1H. The summed E-state index contributed by atoms with van der Waals surface area (Å²) in [4.78, 5) is 24.3. The van der Waals surface area contributed by atoms with Gasteiger partial charge in [-0.2, -0.15) is 13.2 Å². The van der Waals surface area contributed by atoms with E-state index in [1.54, 1.807) is 24.3 Å². The Morgan fingerprint density at radius 1 is 1.31 bits per heavy atom. The van der Waals surface area contributed by atoms with Crippen LogP contribution in [-0.4, -0.2) is 42.0 Å². The summed E-state index contributed by atoms with van der Waals surface area (Å²) in [5, 5.41) is 5.91. The average Bonchev–Trinajstić information content (AvgIpc) is 2.59. The van der Waals surface area contributed by atoms with Crippen LogP contribution in [0.4, 0.5) is 18.9 Å². The third-order valence-corrected chi connectivity index (χ3v) is 4.11. The zero-order valence-corrected chi connectivity index (χ0v) is 15.3. The average molecular weight is 394 g/mol. The lowest BCUT2D eigenvalue weighted by Gasteiger charge is -2.23. The number of amides is 2. The van der Waals surface area contributed by atoms with Crippen LogP contribution < -0.4 is 10.6 Å². The maximum absolute atomic E-state index is 12.6. The summed E-state index contributed by atoms with van der Waals surface area (Å²) in [5.74, 6) is -2.02. The van der Waals surface area contributed by atoms with E-state index in [-0.39, 0.29) is 37.4 Å². The first-order chi connectivity index (χ1) is 11.8. The number of anilines is 1. The van der Waals surface area contributed by atoms with E-state index in [1.165, 1.54) is 6.92 Å². The third kappa shape index (κ3) is 6.17. The predicted molar refractivity (Wildman–Crippen MR) is 95.1 cm³/mol. The minimum atomic E-state index is -4.89. The van der Waals surface area contributed by atoms with Crippen LogP contribution in [0.3, 0.4) is 0 Å². The fraction of sp³-hybridized carbons (Fsp3) is 0.529. The quantitative estimate of drug-likeness (QED) is 0.808. The number of rotatable bonds is 5. The van der Waals surface area contributed by atoms with Gasteiger partial charge in [-0.3, -0.25) is 9.59 Å². The second kappa shape index (κ2) is 9.78. The molecule has 0 radical (unpaired) electrons. The fourth-order valence-electron chi connectivity index (χ4n) is 2.78. The number of carbonyl (C=O) groups excluding carboxylic acids is 2. The monoisotopic (exact) mass is 393 g/mol. The van der Waals surface area contributed by atoms with E-state index < -0.39 is 12.1 Å². The molecular formula is C17H23ClF3N3O2. The zero-order valence-electron chi connectivity index (χ0n) is 14.4. The molecule has 0 bridgehead atoms. The molecule has 1 fully saturated rings. The second-order valence-electron chi connectivity index (χ2n) is 6.01. The lowest BCUT2D eigenvalue weighted by molar-refractivity contribution is -0.185. The van der Waals surface area contributed by atoms with E-state index in [2.05, 4.69) is 10.6 Å². The SMILES string of the molecule is CCN(Cc1cccc(NC(=O)C2CCCCN2)c1)C(=O)C(F)(F)F.Cl. The van der Waals surface area contributed by atoms with Crippen LogP contribution >= 0.6 is 12.4 Å². The highest BCUT2D eigenvalue weighted by atomic mass is 35.5. The lowest BCUT2D eigenvalue weighted by atomic mass is 10.0. The Morgan fingerprint density at radius 2 is 2.04 bits per heavy atom. The highest BCUT2D eigenvalue weighted by Crippen LogP contribution is 2.21. The molecule has 1 aromatic carbocycles. The van der Waals surface area contributed by atoms with Crippen molar-refractivity contribution in [2.45, 2.75) is 44.9 Å². The van der Waals surface area contributed by atoms with Gasteiger partial charge in [-0.1, -0.05) is 18.6 Å². The molecule has 1 saturated heterocycles. The number of hydrogen-bond donors (Lipinski definition) is 2. The summed E-state index contributed by atoms with van der Waals surface area (Å²) in [5.41, 5.74) is 1.03. The van der Waals surface area contributed by atoms with Gasteiger partial charge in [0.25, 0.3) is 0 Å². The Balaban J connectivity index is 0.00000338. The summed E-state index contributed by atoms with van der Waals surface area (Å²) >= 11 is 0. The first-order valence-corrected chi connectivity index (χ1v) is 8.30. The summed E-state index contributed by atoms with van der Waals surface area (Å²) < 4.78 is 37.8. The molecule has 1 heterocycles. The second-order valence-corrected chi connectivity index (χ2v) is 6.01. The van der Waals surface area contributed by atoms with Crippen molar-refractivity contribution in [2.75, 3.05) is 18.4 Å². The Bertz CT molecular complexity index is 620. The Labute approximate surface area is 156 Å². The molecule has 1 unspecified atom stereocenters. The van der Waals surface area contributed by atoms with Gasteiger partial charge >= 0.3 is 12.1 Å². The van der Waals surface area contributed by atoms with Crippen LogP contribution in [0.15, 0.2) is 24.3 Å². The van der Waals surface area contributed by atoms with Crippen LogP contribution in [0.5, 0.6) is 0 Å². The van der Waals surface area contributed by atoms with Crippen molar-refractivity contribution in [1.29, 1.82) is 0 Å². The third-order valence-electron chi connectivity index (χ3n) is 4.11. The molecule has 0 saturated carbocycles. The van der Waals surface area contributed by atoms with E-state index in [4.69, 9.17) is 0 Å². The van der Waals surface area contributed by atoms with Crippen LogP contribution in [0, 0.1) is 0 Å². The first kappa shape index (κ1) is 22.2. The maximum atomic E-state index is 12.6. The van der Waals surface area contributed by atoms with E-state index in [0.29, 0.717) is 11.3 Å². The van der Waals surface area contributed by atoms with Crippen LogP contribution in [-0.2, 0) is 16.1 Å². The van der Waals surface area contributed by atoms with Crippen LogP contribution in [0.2, 0.25) is 0 Å². The van der Waals surface area contributed by atoms with Crippen molar-refractivity contribution in [2.24, 2.45) is 0 Å². The van der Waals surface area contributed by atoms with Gasteiger partial charge in [0.15, 0.2) is 0 Å². The molecule has 1 atom stereocenters. The van der Waals surface area contributed by atoms with Gasteiger partial charge in [0.1, 0.15) is 0 Å². The maximum Gasteiger partial charge on any atom is 0.471 e. The number of carbonyl (C=O) groups is 2. The van der Waals surface area contributed by atoms with Gasteiger partial charge in [0.2, 0.25) is 5.91 Å². The number of alkyl halides is 3. The van der Waals surface area contributed by atoms with E-state index in [0.717, 1.165) is 30.7 Å². The molecule has 0 spiro atoms. The normalized spacial score (nSPS) is 17.2. The number of nitrogens with one attached hydrogen (secondary N) is 2. The minimum Gasteiger partial charge on any atom is -0.331 e. The van der Waals surface area contributed by atoms with Crippen molar-refractivity contribution >= 4 is 29.9 Å². The number of hydrogen-bond acceptors (Lipinski definition) is 3. The molecule has 26 heavy (non-hydrogen) atoms. The van der Waals surface area contributed by atoms with Crippen molar-refractivity contribution in [3.8, 4) is 0 Å². The van der Waals surface area contributed by atoms with Gasteiger partial charge in [-0.05, 0) is 44.0 Å². The summed E-state index contributed by atoms with van der Waals surface area (Å²) in [6.07, 6.45) is -2.11. The van der Waals surface area contributed by atoms with Gasteiger partial charge in [0, 0.05) is 18.8 Å². The van der Waals surface area contributed by atoms with Gasteiger partial charge < -0.3 is 15.5 Å². The fourth-order valence-corrected chi connectivity index (χ4v) is 2.78. The van der Waals surface area contributed by atoms with E-state index in [1.807, 2.05) is 0 Å². The molecule has 0 aromatic heterocycles. The molecule has 2 N–H and O–H groups in total. The molecular weight excluding hydrogens is 371 g/mol. The van der Waals surface area contributed by atoms with E-state index in [9.17, 15) is 22.8 Å². The lowest BCUT2D eigenvalue weighted by Crippen LogP contribution is -2.43. The van der Waals surface area contributed by atoms with Crippen molar-refractivity contribution in [3.05, 3.63) is 29.8 Å². The number of halogens is 4. The molecule has 2 amide bonds. The summed E-state index contributed by atoms with van der Waals surface area (Å²) in [7, 11) is 0. The number of benzene rings is 1. The molecule has 1 aliphatic rings. The largest absolute Gasteiger partial charge is 0.471 e.